The van der Waals surface area contributed by atoms with E-state index in [9.17, 15) is 5.11 Å². The lowest BCUT2D eigenvalue weighted by Gasteiger charge is -2.59. The van der Waals surface area contributed by atoms with Crippen LogP contribution in [0.15, 0.2) is 0 Å². The number of nitrogens with one attached hydrogen (secondary N) is 1. The van der Waals surface area contributed by atoms with Gasteiger partial charge in [0, 0.05) is 19.1 Å². The smallest absolute Gasteiger partial charge is 0.122 e. The van der Waals surface area contributed by atoms with Gasteiger partial charge in [-0.25, -0.2) is 0 Å². The minimum atomic E-state index is -0.0383. The van der Waals surface area contributed by atoms with Gasteiger partial charge in [-0.2, -0.15) is 0 Å². The lowest BCUT2D eigenvalue weighted by molar-refractivity contribution is -0.128. The van der Waals surface area contributed by atoms with Crippen molar-refractivity contribution in [2.75, 3.05) is 13.2 Å². The molecule has 2 N–H and O–H groups in total. The minimum Gasteiger partial charge on any atom is -0.396 e. The molecule has 0 radical (unpaired) electrons. The fourth-order valence-corrected chi connectivity index (χ4v) is 9.91. The fraction of sp³-hybridized carbons (Fsp3) is 1.00. The number of aliphatic hydroxyl groups is 1. The summed E-state index contributed by atoms with van der Waals surface area (Å²) >= 11 is 0. The maximum Gasteiger partial charge on any atom is 0.122 e. The number of fused-ring (bicyclic) bond motifs is 5. The summed E-state index contributed by atoms with van der Waals surface area (Å²) < 4.78 is 7.01. The van der Waals surface area contributed by atoms with Gasteiger partial charge in [-0.15, -0.1) is 0 Å². The Kier molecular flexibility index (Phi) is 5.39. The second kappa shape index (κ2) is 7.45. The second-order valence-electron chi connectivity index (χ2n) is 12.7. The molecule has 5 aliphatic rings. The van der Waals surface area contributed by atoms with Crippen molar-refractivity contribution in [1.82, 2.24) is 5.32 Å². The molecule has 5 fully saturated rings. The van der Waals surface area contributed by atoms with Crippen LogP contribution in [0.25, 0.3) is 0 Å². The number of ether oxygens (including phenoxy) is 1. The molecule has 3 nitrogen and oxygen atoms in total. The van der Waals surface area contributed by atoms with Crippen molar-refractivity contribution in [3.63, 3.8) is 0 Å². The summed E-state index contributed by atoms with van der Waals surface area (Å²) in [5.74, 6) is 5.42. The molecule has 0 bridgehead atoms. The van der Waals surface area contributed by atoms with Crippen molar-refractivity contribution < 1.29 is 9.84 Å². The zero-order valence-electron chi connectivity index (χ0n) is 20.3. The molecular weight excluding hydrogens is 370 g/mol. The Labute approximate surface area is 185 Å². The van der Waals surface area contributed by atoms with Crippen LogP contribution in [-0.4, -0.2) is 30.1 Å². The third-order valence-electron chi connectivity index (χ3n) is 11.8. The average molecular weight is 418 g/mol. The van der Waals surface area contributed by atoms with Gasteiger partial charge in [0.25, 0.3) is 0 Å². The molecule has 1 spiro atoms. The maximum atomic E-state index is 9.69. The molecule has 30 heavy (non-hydrogen) atoms. The monoisotopic (exact) mass is 417 g/mol. The Hall–Kier alpha value is -0.120. The van der Waals surface area contributed by atoms with Crippen LogP contribution in [0.1, 0.15) is 92.4 Å². The maximum absolute atomic E-state index is 9.69. The topological polar surface area (TPSA) is 41.5 Å². The third kappa shape index (κ3) is 2.86. The van der Waals surface area contributed by atoms with Gasteiger partial charge in [0.15, 0.2) is 0 Å². The lowest BCUT2D eigenvalue weighted by Crippen LogP contribution is -2.57. The predicted molar refractivity (Wildman–Crippen MR) is 122 cm³/mol. The third-order valence-corrected chi connectivity index (χ3v) is 11.8. The molecule has 11 atom stereocenters. The first-order valence-electron chi connectivity index (χ1n) is 13.3. The van der Waals surface area contributed by atoms with E-state index in [2.05, 4.69) is 39.9 Å². The molecular formula is C27H47NO2. The Morgan fingerprint density at radius 3 is 2.50 bits per heavy atom. The van der Waals surface area contributed by atoms with Gasteiger partial charge in [-0.1, -0.05) is 41.0 Å². The van der Waals surface area contributed by atoms with Crippen molar-refractivity contribution in [2.45, 2.75) is 104 Å². The summed E-state index contributed by atoms with van der Waals surface area (Å²) in [4.78, 5) is 0. The van der Waals surface area contributed by atoms with E-state index in [1.807, 2.05) is 0 Å². The van der Waals surface area contributed by atoms with Crippen LogP contribution in [0.5, 0.6) is 0 Å². The highest BCUT2D eigenvalue weighted by atomic mass is 16.5. The van der Waals surface area contributed by atoms with Crippen LogP contribution in [0.4, 0.5) is 0 Å². The molecule has 0 aromatic rings. The van der Waals surface area contributed by atoms with Crippen LogP contribution < -0.4 is 5.32 Å². The number of aliphatic hydroxyl groups excluding tert-OH is 1. The molecule has 3 heteroatoms. The van der Waals surface area contributed by atoms with E-state index in [1.54, 1.807) is 0 Å². The van der Waals surface area contributed by atoms with Gasteiger partial charge in [-0.3, -0.25) is 5.32 Å². The van der Waals surface area contributed by atoms with E-state index in [-0.39, 0.29) is 5.72 Å². The molecule has 2 saturated heterocycles. The molecule has 5 rings (SSSR count). The van der Waals surface area contributed by atoms with Gasteiger partial charge >= 0.3 is 0 Å². The van der Waals surface area contributed by atoms with Gasteiger partial charge in [0.05, 0.1) is 6.10 Å². The fourth-order valence-electron chi connectivity index (χ4n) is 9.91. The minimum absolute atomic E-state index is 0.0383. The largest absolute Gasteiger partial charge is 0.396 e. The molecule has 0 aromatic carbocycles. The molecule has 6 unspecified atom stereocenters. The van der Waals surface area contributed by atoms with Crippen molar-refractivity contribution in [1.29, 1.82) is 0 Å². The van der Waals surface area contributed by atoms with Crippen LogP contribution in [0.3, 0.4) is 0 Å². The summed E-state index contributed by atoms with van der Waals surface area (Å²) in [7, 11) is 0. The van der Waals surface area contributed by atoms with Gasteiger partial charge in [0.1, 0.15) is 5.72 Å². The van der Waals surface area contributed by atoms with Crippen LogP contribution in [0.2, 0.25) is 0 Å². The summed E-state index contributed by atoms with van der Waals surface area (Å²) in [5, 5.41) is 13.6. The highest BCUT2D eigenvalue weighted by Crippen LogP contribution is 2.70. The molecule has 2 heterocycles. The van der Waals surface area contributed by atoms with E-state index in [0.717, 1.165) is 42.6 Å². The van der Waals surface area contributed by atoms with Crippen molar-refractivity contribution in [2.24, 2.45) is 52.3 Å². The van der Waals surface area contributed by atoms with E-state index < -0.39 is 0 Å². The summed E-state index contributed by atoms with van der Waals surface area (Å²) in [6, 6.07) is 0. The first-order valence-corrected chi connectivity index (χ1v) is 13.3. The quantitative estimate of drug-likeness (QED) is 0.627. The normalized spacial score (nSPS) is 57.8. The Morgan fingerprint density at radius 2 is 1.83 bits per heavy atom. The van der Waals surface area contributed by atoms with Crippen molar-refractivity contribution in [3.8, 4) is 0 Å². The molecule has 0 amide bonds. The van der Waals surface area contributed by atoms with Crippen LogP contribution in [-0.2, 0) is 4.74 Å². The molecule has 3 aliphatic carbocycles. The van der Waals surface area contributed by atoms with Gasteiger partial charge in [-0.05, 0) is 97.7 Å². The van der Waals surface area contributed by atoms with E-state index >= 15 is 0 Å². The summed E-state index contributed by atoms with van der Waals surface area (Å²) in [5.41, 5.74) is 0.834. The van der Waals surface area contributed by atoms with E-state index in [4.69, 9.17) is 4.74 Å². The highest BCUT2D eigenvalue weighted by Gasteiger charge is 2.68. The zero-order chi connectivity index (χ0) is 21.3. The van der Waals surface area contributed by atoms with Crippen LogP contribution in [0, 0.1) is 52.3 Å². The lowest BCUT2D eigenvalue weighted by atomic mass is 9.45. The molecule has 172 valence electrons. The highest BCUT2D eigenvalue weighted by molar-refractivity contribution is 5.15. The first kappa shape index (κ1) is 21.7. The predicted octanol–water partition coefficient (Wildman–Crippen LogP) is 5.61. The van der Waals surface area contributed by atoms with Gasteiger partial charge < -0.3 is 9.84 Å². The number of rotatable bonds is 3. The summed E-state index contributed by atoms with van der Waals surface area (Å²) in [6.07, 6.45) is 12.1. The second-order valence-corrected chi connectivity index (χ2v) is 12.7. The Morgan fingerprint density at radius 1 is 1.03 bits per heavy atom. The van der Waals surface area contributed by atoms with Gasteiger partial charge in [0.2, 0.25) is 0 Å². The zero-order valence-corrected chi connectivity index (χ0v) is 20.3. The van der Waals surface area contributed by atoms with E-state index in [0.29, 0.717) is 35.4 Å². The van der Waals surface area contributed by atoms with E-state index in [1.165, 1.54) is 51.4 Å². The molecule has 2 aliphatic heterocycles. The Balaban J connectivity index is 1.39. The number of piperidine rings is 1. The number of hydrogen-bond donors (Lipinski definition) is 2. The van der Waals surface area contributed by atoms with Crippen molar-refractivity contribution >= 4 is 0 Å². The first-order chi connectivity index (χ1) is 14.3. The van der Waals surface area contributed by atoms with Crippen molar-refractivity contribution in [3.05, 3.63) is 0 Å². The SMILES string of the molecule is CC[C@@]1(C)C(CCO)CC[C@@H]2C1CC[C@]1(C)C3C(CC21)O[C@@]1(CC[C@H](C)CN1)C3C. The Bertz CT molecular complexity index is 643. The number of hydrogen-bond acceptors (Lipinski definition) is 3. The summed E-state index contributed by atoms with van der Waals surface area (Å²) in [6.45, 7) is 14.0. The standard InChI is InChI=1S/C27H47NO2/c1-6-25(4)19(11-14-29)7-8-20-21(25)10-12-26(5)22(20)15-23-24(26)18(3)27(30-23)13-9-17(2)16-28-27/h17-24,28-29H,6-16H2,1-5H3/t17-,18?,19?,20+,21?,22?,23?,24?,25-,26-,27-/m0/s1. The molecule has 0 aromatic heterocycles. The average Bonchev–Trinajstić information content (AvgIpc) is 3.17. The van der Waals surface area contributed by atoms with Crippen LogP contribution >= 0.6 is 0 Å². The molecule has 3 saturated carbocycles.